The Labute approximate surface area is 153 Å². The minimum Gasteiger partial charge on any atom is -0.462 e. The van der Waals surface area contributed by atoms with Crippen molar-refractivity contribution in [1.29, 1.82) is 0 Å². The summed E-state index contributed by atoms with van der Waals surface area (Å²) in [6, 6.07) is 5.07. The van der Waals surface area contributed by atoms with Gasteiger partial charge in [0.2, 0.25) is 0 Å². The molecule has 1 fully saturated rings. The zero-order valence-electron chi connectivity index (χ0n) is 13.9. The summed E-state index contributed by atoms with van der Waals surface area (Å²) in [5.74, 6) is -0.420. The molecular formula is C17H24ClN3O2S. The molecule has 0 aromatic heterocycles. The molecule has 1 aliphatic heterocycles. The number of nitrogens with zero attached hydrogens (tertiary/aromatic N) is 1. The minimum atomic E-state index is -0.420. The number of benzene rings is 1. The number of likely N-dealkylation sites (tertiary alicyclic amines) is 1. The van der Waals surface area contributed by atoms with Gasteiger partial charge in [-0.1, -0.05) is 11.6 Å². The molecule has 2 N–H and O–H groups in total. The molecule has 24 heavy (non-hydrogen) atoms. The highest BCUT2D eigenvalue weighted by Gasteiger charge is 2.12. The Morgan fingerprint density at radius 1 is 1.38 bits per heavy atom. The van der Waals surface area contributed by atoms with Crippen LogP contribution >= 0.6 is 23.8 Å². The molecule has 0 saturated carbocycles. The van der Waals surface area contributed by atoms with Gasteiger partial charge in [0, 0.05) is 12.2 Å². The lowest BCUT2D eigenvalue weighted by Gasteiger charge is -2.15. The fourth-order valence-corrected chi connectivity index (χ4v) is 3.13. The van der Waals surface area contributed by atoms with Gasteiger partial charge in [-0.2, -0.15) is 0 Å². The van der Waals surface area contributed by atoms with E-state index in [4.69, 9.17) is 28.6 Å². The molecule has 5 nitrogen and oxygen atoms in total. The number of esters is 1. The molecule has 1 aromatic carbocycles. The molecule has 1 saturated heterocycles. The highest BCUT2D eigenvalue weighted by Crippen LogP contribution is 2.21. The second-order valence-corrected chi connectivity index (χ2v) is 6.51. The van der Waals surface area contributed by atoms with Gasteiger partial charge in [-0.05, 0) is 76.2 Å². The second kappa shape index (κ2) is 9.81. The van der Waals surface area contributed by atoms with Crippen molar-refractivity contribution in [2.24, 2.45) is 0 Å². The van der Waals surface area contributed by atoms with Crippen LogP contribution in [0.1, 0.15) is 36.5 Å². The van der Waals surface area contributed by atoms with Crippen molar-refractivity contribution in [2.75, 3.05) is 38.1 Å². The summed E-state index contributed by atoms with van der Waals surface area (Å²) < 4.78 is 4.95. The maximum absolute atomic E-state index is 11.7. The van der Waals surface area contributed by atoms with Crippen LogP contribution in [0.2, 0.25) is 5.02 Å². The quantitative estimate of drug-likeness (QED) is 0.437. The Kier molecular flexibility index (Phi) is 7.75. The van der Waals surface area contributed by atoms with Crippen molar-refractivity contribution >= 4 is 40.6 Å². The van der Waals surface area contributed by atoms with Crippen molar-refractivity contribution in [1.82, 2.24) is 10.2 Å². The lowest BCUT2D eigenvalue weighted by molar-refractivity contribution is 0.0526. The first-order chi connectivity index (χ1) is 11.6. The predicted molar refractivity (Wildman–Crippen MR) is 102 cm³/mol. The van der Waals surface area contributed by atoms with Crippen LogP contribution in [-0.4, -0.2) is 48.8 Å². The molecule has 0 spiro atoms. The summed E-state index contributed by atoms with van der Waals surface area (Å²) in [5, 5.41) is 7.17. The number of hydrogen-bond acceptors (Lipinski definition) is 4. The van der Waals surface area contributed by atoms with Crippen LogP contribution in [0.5, 0.6) is 0 Å². The van der Waals surface area contributed by atoms with E-state index in [2.05, 4.69) is 15.5 Å². The van der Waals surface area contributed by atoms with E-state index in [9.17, 15) is 4.79 Å². The number of thiocarbonyl (C=S) groups is 1. The van der Waals surface area contributed by atoms with Crippen molar-refractivity contribution in [3.05, 3.63) is 28.8 Å². The van der Waals surface area contributed by atoms with E-state index < -0.39 is 5.97 Å². The van der Waals surface area contributed by atoms with Crippen molar-refractivity contribution in [3.63, 3.8) is 0 Å². The van der Waals surface area contributed by atoms with Gasteiger partial charge >= 0.3 is 5.97 Å². The first kappa shape index (κ1) is 19.0. The smallest absolute Gasteiger partial charge is 0.339 e. The number of rotatable bonds is 7. The maximum Gasteiger partial charge on any atom is 0.339 e. The lowest BCUT2D eigenvalue weighted by Crippen LogP contribution is -2.31. The van der Waals surface area contributed by atoms with Crippen LogP contribution < -0.4 is 10.6 Å². The fraction of sp³-hybridized carbons (Fsp3) is 0.529. The zero-order valence-corrected chi connectivity index (χ0v) is 15.5. The molecule has 0 bridgehead atoms. The third-order valence-corrected chi connectivity index (χ3v) is 4.42. The van der Waals surface area contributed by atoms with E-state index in [-0.39, 0.29) is 0 Å². The Bertz CT molecular complexity index is 577. The number of anilines is 1. The molecule has 132 valence electrons. The molecule has 7 heteroatoms. The monoisotopic (exact) mass is 369 g/mol. The van der Waals surface area contributed by atoms with Crippen LogP contribution in [-0.2, 0) is 4.74 Å². The molecule has 0 unspecified atom stereocenters. The Hall–Kier alpha value is -1.37. The van der Waals surface area contributed by atoms with Crippen LogP contribution in [0, 0.1) is 0 Å². The molecule has 0 amide bonds. The SMILES string of the molecule is CCOC(=O)c1ccc(NC(=S)NCCCN2CCCC2)cc1Cl. The van der Waals surface area contributed by atoms with Crippen LogP contribution in [0.25, 0.3) is 0 Å². The first-order valence-corrected chi connectivity index (χ1v) is 9.12. The Morgan fingerprint density at radius 3 is 2.79 bits per heavy atom. The molecule has 1 aromatic rings. The highest BCUT2D eigenvalue weighted by molar-refractivity contribution is 7.80. The topological polar surface area (TPSA) is 53.6 Å². The summed E-state index contributed by atoms with van der Waals surface area (Å²) in [5.41, 5.74) is 1.10. The Morgan fingerprint density at radius 2 is 2.12 bits per heavy atom. The number of carbonyl (C=O) groups excluding carboxylic acids is 1. The van der Waals surface area contributed by atoms with E-state index in [1.165, 1.54) is 25.9 Å². The molecule has 1 heterocycles. The van der Waals surface area contributed by atoms with E-state index in [0.29, 0.717) is 22.3 Å². The zero-order chi connectivity index (χ0) is 17.4. The number of halogens is 1. The van der Waals surface area contributed by atoms with E-state index >= 15 is 0 Å². The van der Waals surface area contributed by atoms with Gasteiger partial charge in [0.1, 0.15) is 0 Å². The second-order valence-electron chi connectivity index (χ2n) is 5.70. The number of hydrogen-bond donors (Lipinski definition) is 2. The van der Waals surface area contributed by atoms with Crippen molar-refractivity contribution in [3.8, 4) is 0 Å². The number of ether oxygens (including phenoxy) is 1. The van der Waals surface area contributed by atoms with Crippen LogP contribution in [0.15, 0.2) is 18.2 Å². The predicted octanol–water partition coefficient (Wildman–Crippen LogP) is 3.29. The van der Waals surface area contributed by atoms with E-state index in [1.807, 2.05) is 0 Å². The summed E-state index contributed by atoms with van der Waals surface area (Å²) in [6.45, 7) is 6.45. The normalized spacial score (nSPS) is 14.4. The average Bonchev–Trinajstić information content (AvgIpc) is 3.05. The van der Waals surface area contributed by atoms with E-state index in [1.54, 1.807) is 25.1 Å². The van der Waals surface area contributed by atoms with Gasteiger partial charge in [0.05, 0.1) is 17.2 Å². The van der Waals surface area contributed by atoms with Gasteiger partial charge in [-0.3, -0.25) is 0 Å². The van der Waals surface area contributed by atoms with Gasteiger partial charge in [0.25, 0.3) is 0 Å². The maximum atomic E-state index is 11.7. The van der Waals surface area contributed by atoms with Gasteiger partial charge in [-0.15, -0.1) is 0 Å². The lowest BCUT2D eigenvalue weighted by atomic mass is 10.2. The molecular weight excluding hydrogens is 346 g/mol. The molecule has 0 radical (unpaired) electrons. The summed E-state index contributed by atoms with van der Waals surface area (Å²) >= 11 is 11.4. The van der Waals surface area contributed by atoms with E-state index in [0.717, 1.165) is 25.2 Å². The minimum absolute atomic E-state index is 0.320. The third-order valence-electron chi connectivity index (χ3n) is 3.86. The van der Waals surface area contributed by atoms with Crippen LogP contribution in [0.4, 0.5) is 5.69 Å². The number of nitrogens with one attached hydrogen (secondary N) is 2. The molecule has 0 aliphatic carbocycles. The van der Waals surface area contributed by atoms with Gasteiger partial charge in [-0.25, -0.2) is 4.79 Å². The number of carbonyl (C=O) groups is 1. The molecule has 1 aliphatic rings. The molecule has 2 rings (SSSR count). The third kappa shape index (κ3) is 5.92. The van der Waals surface area contributed by atoms with Crippen molar-refractivity contribution < 1.29 is 9.53 Å². The molecule has 0 atom stereocenters. The standard InChI is InChI=1S/C17H24ClN3O2S/c1-2-23-16(22)14-7-6-13(12-15(14)18)20-17(24)19-8-5-11-21-9-3-4-10-21/h6-7,12H,2-5,8-11H2,1H3,(H2,19,20,24). The fourth-order valence-electron chi connectivity index (χ4n) is 2.65. The van der Waals surface area contributed by atoms with Crippen molar-refractivity contribution in [2.45, 2.75) is 26.2 Å². The van der Waals surface area contributed by atoms with Gasteiger partial charge < -0.3 is 20.3 Å². The summed E-state index contributed by atoms with van der Waals surface area (Å²) in [6.07, 6.45) is 3.69. The van der Waals surface area contributed by atoms with Crippen LogP contribution in [0.3, 0.4) is 0 Å². The van der Waals surface area contributed by atoms with Gasteiger partial charge in [0.15, 0.2) is 5.11 Å². The largest absolute Gasteiger partial charge is 0.462 e. The highest BCUT2D eigenvalue weighted by atomic mass is 35.5. The summed E-state index contributed by atoms with van der Waals surface area (Å²) in [4.78, 5) is 14.2. The average molecular weight is 370 g/mol. The summed E-state index contributed by atoms with van der Waals surface area (Å²) in [7, 11) is 0. The Balaban J connectivity index is 1.74. The first-order valence-electron chi connectivity index (χ1n) is 8.34.